The number of fused-ring (bicyclic) bond motifs is 1. The number of carbonyl (C=O) groups excluding carboxylic acids is 1. The number of amides is 1. The molecule has 0 aliphatic carbocycles. The number of hydrogen-bond donors (Lipinski definition) is 1. The smallest absolute Gasteiger partial charge is 0.414 e. The van der Waals surface area contributed by atoms with E-state index < -0.39 is 23.8 Å². The fourth-order valence-corrected chi connectivity index (χ4v) is 4.87. The van der Waals surface area contributed by atoms with Gasteiger partial charge >= 0.3 is 6.09 Å². The standard InChI is InChI=1S/C26H28F2N4O4/c1-35-20-2-3-24-23(13-20)22(4-5-29-24)25(33)16-31-8-6-30(7-9-31)14-21-15-32(26(34)36-21)19-11-17(27)10-18(28)12-19/h2-5,10-13,21,25,33H,6-9,14-16H2,1H3. The number of β-amino-alcohol motifs (C(OH)–C–C–N with tert-alkyl or cyclic N) is 1. The van der Waals surface area contributed by atoms with Crippen LogP contribution in [0.4, 0.5) is 19.3 Å². The second-order valence-electron chi connectivity index (χ2n) is 9.14. The van der Waals surface area contributed by atoms with Crippen LogP contribution < -0.4 is 9.64 Å². The summed E-state index contributed by atoms with van der Waals surface area (Å²) in [5, 5.41) is 11.9. The zero-order chi connectivity index (χ0) is 25.2. The molecule has 2 atom stereocenters. The summed E-state index contributed by atoms with van der Waals surface area (Å²) in [4.78, 5) is 22.3. The molecule has 10 heteroatoms. The second-order valence-corrected chi connectivity index (χ2v) is 9.14. The van der Waals surface area contributed by atoms with Gasteiger partial charge in [0.05, 0.1) is 31.0 Å². The Bertz CT molecular complexity index is 1230. The molecule has 8 nitrogen and oxygen atoms in total. The van der Waals surface area contributed by atoms with E-state index in [4.69, 9.17) is 9.47 Å². The number of carbonyl (C=O) groups is 1. The maximum Gasteiger partial charge on any atom is 0.414 e. The first-order valence-corrected chi connectivity index (χ1v) is 11.9. The van der Waals surface area contributed by atoms with Crippen molar-refractivity contribution < 1.29 is 28.2 Å². The van der Waals surface area contributed by atoms with Gasteiger partial charge in [0, 0.05) is 56.9 Å². The van der Waals surface area contributed by atoms with Crippen LogP contribution in [0.25, 0.3) is 10.9 Å². The van der Waals surface area contributed by atoms with Crippen LogP contribution in [0.3, 0.4) is 0 Å². The van der Waals surface area contributed by atoms with Gasteiger partial charge in [0.15, 0.2) is 0 Å². The first kappa shape index (κ1) is 24.4. The SMILES string of the molecule is COc1ccc2nccc(C(O)CN3CCN(CC4CN(c5cc(F)cc(F)c5)C(=O)O4)CC3)c2c1. The minimum Gasteiger partial charge on any atom is -0.497 e. The molecular weight excluding hydrogens is 470 g/mol. The maximum absolute atomic E-state index is 13.6. The largest absolute Gasteiger partial charge is 0.497 e. The molecule has 0 radical (unpaired) electrons. The van der Waals surface area contributed by atoms with Crippen LogP contribution in [0, 0.1) is 11.6 Å². The Kier molecular flexibility index (Phi) is 6.99. The maximum atomic E-state index is 13.6. The quantitative estimate of drug-likeness (QED) is 0.536. The molecule has 2 aromatic carbocycles. The second kappa shape index (κ2) is 10.3. The molecule has 2 aliphatic rings. The Morgan fingerprint density at radius 2 is 1.81 bits per heavy atom. The zero-order valence-corrected chi connectivity index (χ0v) is 19.9. The number of aliphatic hydroxyl groups excluding tert-OH is 1. The number of piperazine rings is 1. The third-order valence-electron chi connectivity index (χ3n) is 6.73. The molecule has 3 aromatic rings. The predicted octanol–water partition coefficient (Wildman–Crippen LogP) is 3.20. The molecular formula is C26H28F2N4O4. The minimum absolute atomic E-state index is 0.153. The van der Waals surface area contributed by atoms with Crippen LogP contribution in [0.5, 0.6) is 5.75 Å². The molecule has 5 rings (SSSR count). The number of cyclic esters (lactones) is 1. The number of aromatic nitrogens is 1. The molecule has 2 unspecified atom stereocenters. The summed E-state index contributed by atoms with van der Waals surface area (Å²) in [6, 6.07) is 10.5. The topological polar surface area (TPSA) is 78.4 Å². The summed E-state index contributed by atoms with van der Waals surface area (Å²) < 4.78 is 37.9. The summed E-state index contributed by atoms with van der Waals surface area (Å²) in [5.41, 5.74) is 1.77. The van der Waals surface area contributed by atoms with Gasteiger partial charge < -0.3 is 14.6 Å². The molecule has 2 aliphatic heterocycles. The van der Waals surface area contributed by atoms with Gasteiger partial charge in [0.25, 0.3) is 0 Å². The van der Waals surface area contributed by atoms with Crippen molar-refractivity contribution >= 4 is 22.7 Å². The van der Waals surface area contributed by atoms with Crippen LogP contribution in [0.15, 0.2) is 48.7 Å². The summed E-state index contributed by atoms with van der Waals surface area (Å²) in [5.74, 6) is -0.761. The molecule has 0 saturated carbocycles. The molecule has 1 N–H and O–H groups in total. The van der Waals surface area contributed by atoms with E-state index in [1.165, 1.54) is 4.90 Å². The highest BCUT2D eigenvalue weighted by Crippen LogP contribution is 2.28. The number of nitrogens with zero attached hydrogens (tertiary/aromatic N) is 4. The highest BCUT2D eigenvalue weighted by atomic mass is 19.1. The van der Waals surface area contributed by atoms with Crippen molar-refractivity contribution in [3.05, 3.63) is 65.9 Å². The van der Waals surface area contributed by atoms with Crippen molar-refractivity contribution in [2.24, 2.45) is 0 Å². The first-order chi connectivity index (χ1) is 17.4. The van der Waals surface area contributed by atoms with Crippen LogP contribution in [0.1, 0.15) is 11.7 Å². The average molecular weight is 499 g/mol. The zero-order valence-electron chi connectivity index (χ0n) is 19.9. The number of pyridine rings is 1. The number of aliphatic hydroxyl groups is 1. The van der Waals surface area contributed by atoms with Gasteiger partial charge in [-0.3, -0.25) is 19.7 Å². The van der Waals surface area contributed by atoms with Gasteiger partial charge in [0.2, 0.25) is 0 Å². The lowest BCUT2D eigenvalue weighted by Gasteiger charge is -2.36. The summed E-state index contributed by atoms with van der Waals surface area (Å²) in [7, 11) is 1.61. The van der Waals surface area contributed by atoms with Gasteiger partial charge in [-0.2, -0.15) is 0 Å². The number of anilines is 1. The lowest BCUT2D eigenvalue weighted by Crippen LogP contribution is -2.49. The lowest BCUT2D eigenvalue weighted by molar-refractivity contribution is 0.0525. The third-order valence-corrected chi connectivity index (χ3v) is 6.73. The van der Waals surface area contributed by atoms with Crippen molar-refractivity contribution in [2.75, 3.05) is 57.8 Å². The third kappa shape index (κ3) is 5.25. The van der Waals surface area contributed by atoms with Crippen LogP contribution in [-0.4, -0.2) is 85.0 Å². The number of rotatable bonds is 7. The monoisotopic (exact) mass is 498 g/mol. The summed E-state index contributed by atoms with van der Waals surface area (Å²) in [6.07, 6.45) is 0.0349. The summed E-state index contributed by atoms with van der Waals surface area (Å²) in [6.45, 7) is 4.26. The van der Waals surface area contributed by atoms with Crippen molar-refractivity contribution in [1.29, 1.82) is 0 Å². The van der Waals surface area contributed by atoms with E-state index >= 15 is 0 Å². The van der Waals surface area contributed by atoms with Crippen LogP contribution >= 0.6 is 0 Å². The van der Waals surface area contributed by atoms with Gasteiger partial charge in [-0.1, -0.05) is 0 Å². The number of benzene rings is 2. The predicted molar refractivity (Wildman–Crippen MR) is 130 cm³/mol. The molecule has 2 saturated heterocycles. The van der Waals surface area contributed by atoms with Gasteiger partial charge in [0.1, 0.15) is 23.5 Å². The molecule has 190 valence electrons. The van der Waals surface area contributed by atoms with Crippen LogP contribution in [-0.2, 0) is 4.74 Å². The van der Waals surface area contributed by atoms with Crippen LogP contribution in [0.2, 0.25) is 0 Å². The Balaban J connectivity index is 1.15. The van der Waals surface area contributed by atoms with E-state index in [-0.39, 0.29) is 18.3 Å². The van der Waals surface area contributed by atoms with E-state index in [2.05, 4.69) is 14.8 Å². The molecule has 0 spiro atoms. The highest BCUT2D eigenvalue weighted by molar-refractivity contribution is 5.89. The fraction of sp³-hybridized carbons (Fsp3) is 0.385. The molecule has 0 bridgehead atoms. The van der Waals surface area contributed by atoms with Gasteiger partial charge in [-0.25, -0.2) is 13.6 Å². The van der Waals surface area contributed by atoms with E-state index in [0.717, 1.165) is 60.8 Å². The van der Waals surface area contributed by atoms with E-state index in [1.807, 2.05) is 24.3 Å². The van der Waals surface area contributed by atoms with E-state index in [0.29, 0.717) is 18.8 Å². The number of methoxy groups -OCH3 is 1. The van der Waals surface area contributed by atoms with E-state index in [9.17, 15) is 18.7 Å². The molecule has 1 amide bonds. The van der Waals surface area contributed by atoms with Crippen molar-refractivity contribution in [2.45, 2.75) is 12.2 Å². The molecule has 2 fully saturated rings. The number of hydrogen-bond acceptors (Lipinski definition) is 7. The molecule has 36 heavy (non-hydrogen) atoms. The van der Waals surface area contributed by atoms with Gasteiger partial charge in [-0.15, -0.1) is 0 Å². The lowest BCUT2D eigenvalue weighted by atomic mass is 10.0. The Morgan fingerprint density at radius 3 is 2.53 bits per heavy atom. The Morgan fingerprint density at radius 1 is 1.08 bits per heavy atom. The first-order valence-electron chi connectivity index (χ1n) is 11.9. The normalized spacial score (nSPS) is 20.1. The average Bonchev–Trinajstić information content (AvgIpc) is 3.23. The van der Waals surface area contributed by atoms with Crippen molar-refractivity contribution in [3.8, 4) is 5.75 Å². The Hall–Kier alpha value is -3.34. The minimum atomic E-state index is -0.738. The molecule has 1 aromatic heterocycles. The number of ether oxygens (including phenoxy) is 2. The highest BCUT2D eigenvalue weighted by Gasteiger charge is 2.34. The van der Waals surface area contributed by atoms with Gasteiger partial charge in [-0.05, 0) is 42.0 Å². The van der Waals surface area contributed by atoms with E-state index in [1.54, 1.807) is 13.3 Å². The number of halogens is 2. The Labute approximate surface area is 207 Å². The fourth-order valence-electron chi connectivity index (χ4n) is 4.87. The van der Waals surface area contributed by atoms with Crippen molar-refractivity contribution in [3.63, 3.8) is 0 Å². The van der Waals surface area contributed by atoms with Crippen molar-refractivity contribution in [1.82, 2.24) is 14.8 Å². The summed E-state index contributed by atoms with van der Waals surface area (Å²) >= 11 is 0. The molecule has 3 heterocycles.